The normalized spacial score (nSPS) is 15.2. The summed E-state index contributed by atoms with van der Waals surface area (Å²) in [5.41, 5.74) is 3.13. The number of benzene rings is 3. The van der Waals surface area contributed by atoms with E-state index in [9.17, 15) is 5.11 Å². The number of fused-ring (bicyclic) bond motifs is 1. The van der Waals surface area contributed by atoms with Crippen LogP contribution in [0.5, 0.6) is 11.5 Å². The van der Waals surface area contributed by atoms with Gasteiger partial charge < -0.3 is 14.7 Å². The van der Waals surface area contributed by atoms with E-state index in [4.69, 9.17) is 9.72 Å². The molecule has 9 nitrogen and oxygen atoms in total. The van der Waals surface area contributed by atoms with Gasteiger partial charge in [0.2, 0.25) is 0 Å². The van der Waals surface area contributed by atoms with Crippen molar-refractivity contribution in [1.29, 1.82) is 0 Å². The van der Waals surface area contributed by atoms with Crippen molar-refractivity contribution in [1.82, 2.24) is 30.1 Å². The first-order valence-corrected chi connectivity index (χ1v) is 13.0. The number of hydrogen-bond donors (Lipinski definition) is 1. The molecule has 3 heterocycles. The van der Waals surface area contributed by atoms with Crippen LogP contribution >= 0.6 is 11.3 Å². The molecule has 0 bridgehead atoms. The lowest BCUT2D eigenvalue weighted by Crippen LogP contribution is -2.48. The maximum Gasteiger partial charge on any atom is 0.186 e. The van der Waals surface area contributed by atoms with E-state index in [0.29, 0.717) is 12.3 Å². The van der Waals surface area contributed by atoms with Gasteiger partial charge in [-0.05, 0) is 45.8 Å². The van der Waals surface area contributed by atoms with Gasteiger partial charge in [-0.1, -0.05) is 59.9 Å². The summed E-state index contributed by atoms with van der Waals surface area (Å²) in [5, 5.41) is 24.1. The van der Waals surface area contributed by atoms with E-state index in [1.807, 2.05) is 41.1 Å². The van der Waals surface area contributed by atoms with Crippen molar-refractivity contribution in [2.24, 2.45) is 0 Å². The van der Waals surface area contributed by atoms with Crippen molar-refractivity contribution in [3.8, 4) is 11.5 Å². The molecule has 0 spiro atoms. The molecule has 1 fully saturated rings. The Balaban J connectivity index is 1.30. The minimum atomic E-state index is -0.203. The summed E-state index contributed by atoms with van der Waals surface area (Å²) in [4.78, 5) is 9.59. The number of piperazine rings is 1. The van der Waals surface area contributed by atoms with E-state index in [2.05, 4.69) is 55.7 Å². The number of thiazole rings is 1. The smallest absolute Gasteiger partial charge is 0.186 e. The number of aromatic nitrogens is 5. The second-order valence-corrected chi connectivity index (χ2v) is 10.0. The van der Waals surface area contributed by atoms with E-state index in [1.54, 1.807) is 24.5 Å². The predicted octanol–water partition coefficient (Wildman–Crippen LogP) is 3.96. The Morgan fingerprint density at radius 3 is 2.54 bits per heavy atom. The fourth-order valence-electron chi connectivity index (χ4n) is 4.83. The third-order valence-electron chi connectivity index (χ3n) is 6.73. The molecule has 37 heavy (non-hydrogen) atoms. The van der Waals surface area contributed by atoms with Crippen LogP contribution < -0.4 is 9.64 Å². The molecular weight excluding hydrogens is 486 g/mol. The van der Waals surface area contributed by atoms with E-state index < -0.39 is 0 Å². The number of ether oxygens (including phenoxy) is 1. The molecule has 1 saturated heterocycles. The monoisotopic (exact) mass is 513 g/mol. The zero-order valence-corrected chi connectivity index (χ0v) is 21.3. The summed E-state index contributed by atoms with van der Waals surface area (Å²) in [6, 6.07) is 23.7. The van der Waals surface area contributed by atoms with Gasteiger partial charge in [0, 0.05) is 26.2 Å². The number of rotatable bonds is 7. The quantitative estimate of drug-likeness (QED) is 0.350. The Morgan fingerprint density at radius 1 is 0.973 bits per heavy atom. The average Bonchev–Trinajstić information content (AvgIpc) is 3.58. The lowest BCUT2D eigenvalue weighted by atomic mass is 10.0. The molecule has 1 atom stereocenters. The highest BCUT2D eigenvalue weighted by Gasteiger charge is 2.32. The van der Waals surface area contributed by atoms with Gasteiger partial charge in [0.1, 0.15) is 0 Å². The molecule has 1 aliphatic rings. The summed E-state index contributed by atoms with van der Waals surface area (Å²) in [5.74, 6) is 1.29. The van der Waals surface area contributed by atoms with Crippen LogP contribution in [0.1, 0.15) is 23.0 Å². The van der Waals surface area contributed by atoms with Crippen LogP contribution in [0.25, 0.3) is 10.2 Å². The van der Waals surface area contributed by atoms with Crippen molar-refractivity contribution >= 4 is 26.7 Å². The molecule has 188 valence electrons. The second-order valence-electron chi connectivity index (χ2n) is 9.00. The molecule has 0 unspecified atom stereocenters. The minimum absolute atomic E-state index is 0.106. The van der Waals surface area contributed by atoms with Crippen LogP contribution in [-0.2, 0) is 6.54 Å². The first-order chi connectivity index (χ1) is 18.2. The van der Waals surface area contributed by atoms with E-state index >= 15 is 0 Å². The molecule has 3 aromatic carbocycles. The highest BCUT2D eigenvalue weighted by atomic mass is 32.1. The number of aromatic hydroxyl groups is 1. The van der Waals surface area contributed by atoms with Gasteiger partial charge in [-0.25, -0.2) is 9.67 Å². The van der Waals surface area contributed by atoms with Gasteiger partial charge in [0.15, 0.2) is 22.5 Å². The Labute approximate surface area is 218 Å². The molecule has 0 amide bonds. The van der Waals surface area contributed by atoms with Gasteiger partial charge in [0.05, 0.1) is 29.9 Å². The van der Waals surface area contributed by atoms with Crippen molar-refractivity contribution in [3.63, 3.8) is 0 Å². The predicted molar refractivity (Wildman–Crippen MR) is 143 cm³/mol. The van der Waals surface area contributed by atoms with Gasteiger partial charge in [-0.3, -0.25) is 4.90 Å². The van der Waals surface area contributed by atoms with Crippen LogP contribution in [-0.4, -0.2) is 68.5 Å². The van der Waals surface area contributed by atoms with Crippen LogP contribution in [0, 0.1) is 0 Å². The molecule has 0 aliphatic carbocycles. The molecule has 1 aliphatic heterocycles. The molecule has 10 heteroatoms. The molecule has 6 rings (SSSR count). The Hall–Kier alpha value is -4.02. The van der Waals surface area contributed by atoms with Crippen LogP contribution in [0.3, 0.4) is 0 Å². The summed E-state index contributed by atoms with van der Waals surface area (Å²) >= 11 is 1.73. The average molecular weight is 514 g/mol. The van der Waals surface area contributed by atoms with Gasteiger partial charge >= 0.3 is 0 Å². The first-order valence-electron chi connectivity index (χ1n) is 12.2. The lowest BCUT2D eigenvalue weighted by Gasteiger charge is -2.38. The fraction of sp³-hybridized carbons (Fsp3) is 0.259. The van der Waals surface area contributed by atoms with Crippen molar-refractivity contribution < 1.29 is 9.84 Å². The number of methoxy groups -OCH3 is 1. The second kappa shape index (κ2) is 10.2. The number of para-hydroxylation sites is 1. The van der Waals surface area contributed by atoms with Crippen molar-refractivity contribution in [3.05, 3.63) is 89.7 Å². The highest BCUT2D eigenvalue weighted by molar-refractivity contribution is 7.22. The van der Waals surface area contributed by atoms with E-state index in [0.717, 1.165) is 53.8 Å². The van der Waals surface area contributed by atoms with Crippen LogP contribution in [0.2, 0.25) is 0 Å². The topological polar surface area (TPSA) is 92.4 Å². The van der Waals surface area contributed by atoms with Crippen molar-refractivity contribution in [2.75, 3.05) is 38.2 Å². The number of phenols is 1. The third kappa shape index (κ3) is 4.73. The zero-order chi connectivity index (χ0) is 25.2. The number of nitrogens with zero attached hydrogens (tertiary/aromatic N) is 7. The van der Waals surface area contributed by atoms with Gasteiger partial charge in [-0.15, -0.1) is 5.10 Å². The zero-order valence-electron chi connectivity index (χ0n) is 20.4. The van der Waals surface area contributed by atoms with Gasteiger partial charge in [0.25, 0.3) is 0 Å². The number of hydrogen-bond acceptors (Lipinski definition) is 9. The standard InChI is InChI=1S/C27H27N7O2S/c1-36-23-17-20(11-12-22(23)35)25(26-29-30-31-34(26)18-19-7-3-2-4-8-19)32-13-15-33(16-14-32)27-28-21-9-5-6-10-24(21)37-27/h2-12,17,25,35H,13-16,18H2,1H3/t25-/m0/s1. The summed E-state index contributed by atoms with van der Waals surface area (Å²) in [6.07, 6.45) is 0. The molecule has 0 saturated carbocycles. The molecule has 1 N–H and O–H groups in total. The maximum absolute atomic E-state index is 10.2. The van der Waals surface area contributed by atoms with E-state index in [1.165, 1.54) is 4.70 Å². The molecule has 0 radical (unpaired) electrons. The SMILES string of the molecule is COc1cc([C@@H](c2nnnn2Cc2ccccc2)N2CCN(c3nc4ccccc4s3)CC2)ccc1O. The Kier molecular flexibility index (Phi) is 6.42. The number of phenolic OH excluding ortho intramolecular Hbond substituents is 1. The Morgan fingerprint density at radius 2 is 1.76 bits per heavy atom. The largest absolute Gasteiger partial charge is 0.504 e. The van der Waals surface area contributed by atoms with Gasteiger partial charge in [-0.2, -0.15) is 0 Å². The highest BCUT2D eigenvalue weighted by Crippen LogP contribution is 2.36. The first kappa shape index (κ1) is 23.4. The summed E-state index contributed by atoms with van der Waals surface area (Å²) in [6.45, 7) is 3.86. The molecule has 5 aromatic rings. The van der Waals surface area contributed by atoms with Crippen molar-refractivity contribution in [2.45, 2.75) is 12.6 Å². The Bertz CT molecular complexity index is 1460. The number of tetrazole rings is 1. The fourth-order valence-corrected chi connectivity index (χ4v) is 5.85. The number of anilines is 1. The van der Waals surface area contributed by atoms with E-state index in [-0.39, 0.29) is 11.8 Å². The third-order valence-corrected chi connectivity index (χ3v) is 7.83. The summed E-state index contributed by atoms with van der Waals surface area (Å²) < 4.78 is 8.49. The molecule has 2 aromatic heterocycles. The van der Waals surface area contributed by atoms with Crippen LogP contribution in [0.15, 0.2) is 72.8 Å². The molecular formula is C27H27N7O2S. The van der Waals surface area contributed by atoms with Crippen LogP contribution in [0.4, 0.5) is 5.13 Å². The summed E-state index contributed by atoms with van der Waals surface area (Å²) in [7, 11) is 1.56. The maximum atomic E-state index is 10.2. The lowest BCUT2D eigenvalue weighted by molar-refractivity contribution is 0.201. The minimum Gasteiger partial charge on any atom is -0.504 e.